The van der Waals surface area contributed by atoms with Gasteiger partial charge in [-0.25, -0.2) is 4.98 Å². The number of benzene rings is 1. The molecule has 22 heavy (non-hydrogen) atoms. The summed E-state index contributed by atoms with van der Waals surface area (Å²) >= 11 is 6.10. The van der Waals surface area contributed by atoms with Crippen molar-refractivity contribution < 1.29 is 14.6 Å². The number of aliphatic hydroxyl groups is 1. The van der Waals surface area contributed by atoms with Gasteiger partial charge in [0.25, 0.3) is 5.91 Å². The van der Waals surface area contributed by atoms with Crippen LogP contribution in [0.4, 0.5) is 0 Å². The number of aliphatic hydroxyl groups excluding tert-OH is 1. The van der Waals surface area contributed by atoms with Gasteiger partial charge in [0.05, 0.1) is 12.6 Å². The van der Waals surface area contributed by atoms with Crippen molar-refractivity contribution >= 4 is 28.4 Å². The molecule has 2 N–H and O–H groups in total. The molecule has 0 fully saturated rings. The summed E-state index contributed by atoms with van der Waals surface area (Å²) in [5.41, 5.74) is 0.486. The summed E-state index contributed by atoms with van der Waals surface area (Å²) in [4.78, 5) is 16.3. The zero-order chi connectivity index (χ0) is 16.5. The number of hydrogen-bond acceptors (Lipinski definition) is 4. The van der Waals surface area contributed by atoms with Crippen molar-refractivity contribution in [2.45, 2.75) is 32.4 Å². The number of amides is 1. The largest absolute Gasteiger partial charge is 0.497 e. The highest BCUT2D eigenvalue weighted by Crippen LogP contribution is 2.28. The Morgan fingerprint density at radius 2 is 2.05 bits per heavy atom. The third-order valence-electron chi connectivity index (χ3n) is 3.04. The SMILES string of the molecule is COc1ccc2nc(Cl)c(C(O)C(=O)NC(C)(C)C)cc2c1. The Labute approximate surface area is 134 Å². The Balaban J connectivity index is 2.41. The number of carbonyl (C=O) groups excluding carboxylic acids is 1. The molecule has 2 rings (SSSR count). The number of methoxy groups -OCH3 is 1. The average Bonchev–Trinajstić information content (AvgIpc) is 2.43. The molecule has 118 valence electrons. The van der Waals surface area contributed by atoms with Gasteiger partial charge in [-0.05, 0) is 45.0 Å². The lowest BCUT2D eigenvalue weighted by Crippen LogP contribution is -2.43. The standard InChI is InChI=1S/C16H19ClN2O3/c1-16(2,3)19-15(21)13(20)11-8-9-7-10(22-4)5-6-12(9)18-14(11)17/h5-8,13,20H,1-4H3,(H,19,21). The van der Waals surface area contributed by atoms with Gasteiger partial charge in [0.2, 0.25) is 0 Å². The number of rotatable bonds is 3. The van der Waals surface area contributed by atoms with E-state index in [1.807, 2.05) is 20.8 Å². The zero-order valence-electron chi connectivity index (χ0n) is 13.0. The molecule has 1 aromatic carbocycles. The number of hydrogen-bond donors (Lipinski definition) is 2. The van der Waals surface area contributed by atoms with Crippen LogP contribution in [0.1, 0.15) is 32.4 Å². The van der Waals surface area contributed by atoms with Crippen LogP contribution in [-0.2, 0) is 4.79 Å². The molecule has 0 saturated heterocycles. The molecular weight excluding hydrogens is 304 g/mol. The van der Waals surface area contributed by atoms with Gasteiger partial charge >= 0.3 is 0 Å². The van der Waals surface area contributed by atoms with Crippen LogP contribution in [0.25, 0.3) is 10.9 Å². The first-order valence-electron chi connectivity index (χ1n) is 6.85. The van der Waals surface area contributed by atoms with Gasteiger partial charge in [-0.3, -0.25) is 4.79 Å². The molecule has 1 unspecified atom stereocenters. The summed E-state index contributed by atoms with van der Waals surface area (Å²) in [6, 6.07) is 6.97. The van der Waals surface area contributed by atoms with Gasteiger partial charge in [-0.15, -0.1) is 0 Å². The minimum absolute atomic E-state index is 0.106. The van der Waals surface area contributed by atoms with Gasteiger partial charge in [0, 0.05) is 16.5 Å². The van der Waals surface area contributed by atoms with Crippen molar-refractivity contribution in [3.8, 4) is 5.75 Å². The van der Waals surface area contributed by atoms with Gasteiger partial charge in [-0.2, -0.15) is 0 Å². The van der Waals surface area contributed by atoms with Crippen molar-refractivity contribution in [3.05, 3.63) is 35.0 Å². The minimum atomic E-state index is -1.38. The maximum atomic E-state index is 12.1. The molecule has 1 heterocycles. The minimum Gasteiger partial charge on any atom is -0.497 e. The number of aromatic nitrogens is 1. The molecule has 1 aromatic heterocycles. The lowest BCUT2D eigenvalue weighted by atomic mass is 10.0. The second kappa shape index (κ2) is 6.10. The first kappa shape index (κ1) is 16.5. The van der Waals surface area contributed by atoms with E-state index in [0.717, 1.165) is 5.39 Å². The van der Waals surface area contributed by atoms with E-state index >= 15 is 0 Å². The fourth-order valence-corrected chi connectivity index (χ4v) is 2.29. The number of nitrogens with one attached hydrogen (secondary N) is 1. The summed E-state index contributed by atoms with van der Waals surface area (Å²) in [6.07, 6.45) is -1.38. The van der Waals surface area contributed by atoms with Crippen LogP contribution in [0, 0.1) is 0 Å². The summed E-state index contributed by atoms with van der Waals surface area (Å²) in [5.74, 6) is 0.148. The molecule has 1 atom stereocenters. The first-order valence-corrected chi connectivity index (χ1v) is 7.23. The zero-order valence-corrected chi connectivity index (χ0v) is 13.7. The summed E-state index contributed by atoms with van der Waals surface area (Å²) in [7, 11) is 1.57. The van der Waals surface area contributed by atoms with Gasteiger partial charge in [-0.1, -0.05) is 11.6 Å². The summed E-state index contributed by atoms with van der Waals surface area (Å²) in [5, 5.41) is 13.8. The number of carbonyl (C=O) groups is 1. The average molecular weight is 323 g/mol. The highest BCUT2D eigenvalue weighted by Gasteiger charge is 2.25. The Morgan fingerprint density at radius 1 is 1.36 bits per heavy atom. The smallest absolute Gasteiger partial charge is 0.253 e. The van der Waals surface area contributed by atoms with E-state index < -0.39 is 17.6 Å². The fraction of sp³-hybridized carbons (Fsp3) is 0.375. The maximum absolute atomic E-state index is 12.1. The monoisotopic (exact) mass is 322 g/mol. The number of nitrogens with zero attached hydrogens (tertiary/aromatic N) is 1. The fourth-order valence-electron chi connectivity index (χ4n) is 2.05. The van der Waals surface area contributed by atoms with E-state index in [2.05, 4.69) is 10.3 Å². The van der Waals surface area contributed by atoms with Crippen LogP contribution in [0.3, 0.4) is 0 Å². The van der Waals surface area contributed by atoms with Crippen LogP contribution >= 0.6 is 11.6 Å². The van der Waals surface area contributed by atoms with Crippen LogP contribution in [0.5, 0.6) is 5.75 Å². The van der Waals surface area contributed by atoms with Crippen molar-refractivity contribution in [2.75, 3.05) is 7.11 Å². The quantitative estimate of drug-likeness (QED) is 0.852. The molecule has 0 aliphatic carbocycles. The van der Waals surface area contributed by atoms with Gasteiger partial charge in [0.15, 0.2) is 6.10 Å². The number of halogens is 1. The number of pyridine rings is 1. The lowest BCUT2D eigenvalue weighted by molar-refractivity contribution is -0.131. The van der Waals surface area contributed by atoms with E-state index in [-0.39, 0.29) is 10.7 Å². The molecule has 0 spiro atoms. The van der Waals surface area contributed by atoms with Crippen molar-refractivity contribution in [1.29, 1.82) is 0 Å². The molecule has 5 nitrogen and oxygen atoms in total. The third kappa shape index (κ3) is 3.67. The Hall–Kier alpha value is -1.85. The van der Waals surface area contributed by atoms with Gasteiger partial charge < -0.3 is 15.2 Å². The molecule has 6 heteroatoms. The van der Waals surface area contributed by atoms with E-state index in [1.165, 1.54) is 0 Å². The van der Waals surface area contributed by atoms with E-state index in [4.69, 9.17) is 16.3 Å². The van der Waals surface area contributed by atoms with Crippen LogP contribution in [0.2, 0.25) is 5.15 Å². The summed E-state index contributed by atoms with van der Waals surface area (Å²) in [6.45, 7) is 5.51. The molecule has 1 amide bonds. The normalized spacial score (nSPS) is 13.0. The van der Waals surface area contributed by atoms with Crippen LogP contribution in [-0.4, -0.2) is 28.6 Å². The lowest BCUT2D eigenvalue weighted by Gasteiger charge is -2.23. The molecule has 0 bridgehead atoms. The second-order valence-corrected chi connectivity index (χ2v) is 6.43. The Bertz CT molecular complexity index is 710. The van der Waals surface area contributed by atoms with Crippen LogP contribution < -0.4 is 10.1 Å². The highest BCUT2D eigenvalue weighted by molar-refractivity contribution is 6.31. The second-order valence-electron chi connectivity index (χ2n) is 6.07. The Morgan fingerprint density at radius 3 is 2.64 bits per heavy atom. The molecule has 0 radical (unpaired) electrons. The molecule has 2 aromatic rings. The van der Waals surface area contributed by atoms with E-state index in [0.29, 0.717) is 11.3 Å². The van der Waals surface area contributed by atoms with Gasteiger partial charge in [0.1, 0.15) is 10.9 Å². The third-order valence-corrected chi connectivity index (χ3v) is 3.35. The van der Waals surface area contributed by atoms with E-state index in [1.54, 1.807) is 31.4 Å². The van der Waals surface area contributed by atoms with Crippen molar-refractivity contribution in [2.24, 2.45) is 0 Å². The molecular formula is C16H19ClN2O3. The maximum Gasteiger partial charge on any atom is 0.253 e. The van der Waals surface area contributed by atoms with E-state index in [9.17, 15) is 9.90 Å². The number of ether oxygens (including phenoxy) is 1. The summed E-state index contributed by atoms with van der Waals surface area (Å²) < 4.78 is 5.16. The molecule has 0 aliphatic rings. The number of fused-ring (bicyclic) bond motifs is 1. The van der Waals surface area contributed by atoms with Crippen molar-refractivity contribution in [3.63, 3.8) is 0 Å². The Kier molecular flexibility index (Phi) is 4.58. The van der Waals surface area contributed by atoms with Crippen molar-refractivity contribution in [1.82, 2.24) is 10.3 Å². The highest BCUT2D eigenvalue weighted by atomic mass is 35.5. The predicted molar refractivity (Wildman–Crippen MR) is 86.2 cm³/mol. The molecule has 0 saturated carbocycles. The topological polar surface area (TPSA) is 71.5 Å². The van der Waals surface area contributed by atoms with Crippen LogP contribution in [0.15, 0.2) is 24.3 Å². The predicted octanol–water partition coefficient (Wildman–Crippen LogP) is 2.84. The first-order chi connectivity index (χ1) is 10.2. The molecule has 0 aliphatic heterocycles.